The molecule has 718 valence electrons. The number of aliphatic hydroxyl groups is 1. The summed E-state index contributed by atoms with van der Waals surface area (Å²) in [5.74, 6) is 12.0. The summed E-state index contributed by atoms with van der Waals surface area (Å²) in [4.78, 5) is 0. The highest BCUT2D eigenvalue weighted by Gasteiger charge is 2.07. The highest BCUT2D eigenvalue weighted by Crippen LogP contribution is 2.27. The van der Waals surface area contributed by atoms with Crippen LogP contribution in [0.3, 0.4) is 0 Å². The Morgan fingerprint density at radius 3 is 0.652 bits per heavy atom. The molecule has 19 nitrogen and oxygen atoms in total. The molecule has 0 spiro atoms. The number of benzene rings is 11. The van der Waals surface area contributed by atoms with Crippen LogP contribution in [0.15, 0.2) is 291 Å². The molecule has 0 radical (unpaired) electrons. The van der Waals surface area contributed by atoms with Crippen LogP contribution in [-0.4, -0.2) is 138 Å². The van der Waals surface area contributed by atoms with Gasteiger partial charge in [-0.05, 0) is 184 Å². The molecule has 0 aliphatic carbocycles. The zero-order chi connectivity index (χ0) is 93.9. The molecule has 0 amide bonds. The maximum atomic E-state index is 8.61. The van der Waals surface area contributed by atoms with Crippen molar-refractivity contribution in [1.29, 1.82) is 0 Å². The quantitative estimate of drug-likeness (QED) is 0.0354. The van der Waals surface area contributed by atoms with Crippen LogP contribution in [0.4, 0.5) is 0 Å². The second-order valence-electron chi connectivity index (χ2n) is 30.2. The number of aryl methyl sites for hydroxylation is 1. The van der Waals surface area contributed by atoms with E-state index in [4.69, 9.17) is 90.4 Å². The van der Waals surface area contributed by atoms with Crippen LogP contribution in [0, 0.1) is 0 Å². The summed E-state index contributed by atoms with van der Waals surface area (Å²) in [5, 5.41) is 8.61. The first-order valence-corrected chi connectivity index (χ1v) is 47.6. The van der Waals surface area contributed by atoms with Crippen LogP contribution in [0.1, 0.15) is 174 Å². The fourth-order valence-corrected chi connectivity index (χ4v) is 11.6. The molecule has 0 aliphatic rings. The van der Waals surface area contributed by atoms with Crippen molar-refractivity contribution >= 4 is 0 Å². The third-order valence-corrected chi connectivity index (χ3v) is 18.3. The molecular formula is C113H152O19. The number of ether oxygens (including phenoxy) is 18. The van der Waals surface area contributed by atoms with Crippen molar-refractivity contribution in [3.05, 3.63) is 313 Å². The van der Waals surface area contributed by atoms with Gasteiger partial charge < -0.3 is 90.4 Å². The molecular weight excluding hydrogens is 1660 g/mol. The third kappa shape index (κ3) is 57.6. The first kappa shape index (κ1) is 111. The number of aliphatic hydroxyl groups excluding tert-OH is 1. The molecule has 132 heavy (non-hydrogen) atoms. The van der Waals surface area contributed by atoms with Gasteiger partial charge >= 0.3 is 0 Å². The summed E-state index contributed by atoms with van der Waals surface area (Å²) in [6.45, 7) is 31.2. The number of rotatable bonds is 60. The number of hydrogen-bond acceptors (Lipinski definition) is 19. The van der Waals surface area contributed by atoms with E-state index in [1.807, 2.05) is 231 Å². The van der Waals surface area contributed by atoms with Gasteiger partial charge in [0.25, 0.3) is 0 Å². The van der Waals surface area contributed by atoms with Crippen molar-refractivity contribution in [3.63, 3.8) is 0 Å². The Morgan fingerprint density at radius 1 is 0.174 bits per heavy atom. The Balaban J connectivity index is 0.000000274. The average molecular weight is 1810 g/mol. The Kier molecular flexibility index (Phi) is 65.6. The van der Waals surface area contributed by atoms with Gasteiger partial charge in [0.2, 0.25) is 0 Å². The van der Waals surface area contributed by atoms with E-state index in [0.29, 0.717) is 79.1 Å². The summed E-state index contributed by atoms with van der Waals surface area (Å²) in [5.41, 5.74) is 4.94. The predicted octanol–water partition coefficient (Wildman–Crippen LogP) is 26.7. The van der Waals surface area contributed by atoms with Crippen LogP contribution in [0.2, 0.25) is 0 Å². The Bertz CT molecular complexity index is 4410. The monoisotopic (exact) mass is 1810 g/mol. The fraction of sp³-hybridized carbons (Fsp3) is 0.416. The van der Waals surface area contributed by atoms with E-state index in [2.05, 4.69) is 116 Å². The summed E-state index contributed by atoms with van der Waals surface area (Å²) < 4.78 is 100. The number of unbranched alkanes of at least 4 members (excludes halogenated alkanes) is 3. The molecule has 1 N–H and O–H groups in total. The minimum absolute atomic E-state index is 0.159. The van der Waals surface area contributed by atoms with E-state index in [0.717, 1.165) is 230 Å². The molecule has 11 aromatic rings. The van der Waals surface area contributed by atoms with Crippen LogP contribution in [0.25, 0.3) is 0 Å². The van der Waals surface area contributed by atoms with Crippen molar-refractivity contribution in [2.24, 2.45) is 0 Å². The fourth-order valence-electron chi connectivity index (χ4n) is 11.6. The zero-order valence-corrected chi connectivity index (χ0v) is 80.4. The second kappa shape index (κ2) is 78.1. The van der Waals surface area contributed by atoms with Gasteiger partial charge in [0.05, 0.1) is 119 Å². The van der Waals surface area contributed by atoms with Gasteiger partial charge in [-0.3, -0.25) is 0 Å². The van der Waals surface area contributed by atoms with Gasteiger partial charge in [0.15, 0.2) is 0 Å². The van der Waals surface area contributed by atoms with E-state index in [1.54, 1.807) is 7.11 Å². The first-order valence-electron chi connectivity index (χ1n) is 47.6. The zero-order valence-electron chi connectivity index (χ0n) is 80.4. The van der Waals surface area contributed by atoms with Gasteiger partial charge in [-0.15, -0.1) is 0 Å². The maximum Gasteiger partial charge on any atom is 0.123 e. The van der Waals surface area contributed by atoms with Crippen LogP contribution in [0.5, 0.6) is 80.5 Å². The molecule has 0 saturated carbocycles. The van der Waals surface area contributed by atoms with Crippen LogP contribution < -0.4 is 66.3 Å². The molecule has 0 heterocycles. The van der Waals surface area contributed by atoms with Crippen LogP contribution in [-0.2, 0) is 45.2 Å². The molecule has 0 aliphatic heterocycles. The minimum Gasteiger partial charge on any atom is -0.493 e. The van der Waals surface area contributed by atoms with Crippen molar-refractivity contribution < 1.29 is 90.4 Å². The largest absolute Gasteiger partial charge is 0.493 e. The lowest BCUT2D eigenvalue weighted by Crippen LogP contribution is -2.06. The van der Waals surface area contributed by atoms with Crippen molar-refractivity contribution in [2.75, 3.05) is 133 Å². The molecule has 11 aromatic carbocycles. The summed E-state index contributed by atoms with van der Waals surface area (Å²) in [7, 11) is 1.66. The van der Waals surface area contributed by atoms with Crippen molar-refractivity contribution in [1.82, 2.24) is 0 Å². The first-order chi connectivity index (χ1) is 65.1. The lowest BCUT2D eigenvalue weighted by Gasteiger charge is -2.09. The molecule has 0 aromatic heterocycles. The van der Waals surface area contributed by atoms with Gasteiger partial charge in [-0.2, -0.15) is 0 Å². The summed E-state index contributed by atoms with van der Waals surface area (Å²) in [6, 6.07) is 95.3. The van der Waals surface area contributed by atoms with Gasteiger partial charge in [0.1, 0.15) is 93.7 Å². The van der Waals surface area contributed by atoms with E-state index in [9.17, 15) is 0 Å². The Hall–Kier alpha value is -11.6. The normalized spacial score (nSPS) is 10.3. The van der Waals surface area contributed by atoms with E-state index >= 15 is 0 Å². The SMILES string of the molecule is CCCCCOc1cccc(OCCC)c1.CCCOc1cccc(OCCCCOCc2ccccc2)c1.CCCOc1cccc(OCCCO)c1.CCCOc1cccc(OCCCOCc2ccccc2)c1.CCCOc1cccc(OCCCc2ccccc2)c1.CCCOc1cccc(OCCOC)c1.CCCOc1cccc(OCCOCc2ccccc2)c1. The molecule has 11 rings (SSSR count). The third-order valence-electron chi connectivity index (χ3n) is 18.3. The lowest BCUT2D eigenvalue weighted by molar-refractivity contribution is 0.0888. The summed E-state index contributed by atoms with van der Waals surface area (Å²) >= 11 is 0. The highest BCUT2D eigenvalue weighted by atomic mass is 16.5. The minimum atomic E-state index is 0.159. The van der Waals surface area contributed by atoms with E-state index < -0.39 is 0 Å². The molecule has 0 bridgehead atoms. The van der Waals surface area contributed by atoms with Gasteiger partial charge in [-0.1, -0.05) is 232 Å². The van der Waals surface area contributed by atoms with E-state index in [1.165, 1.54) is 35.1 Å². The molecule has 0 atom stereocenters. The Morgan fingerprint density at radius 2 is 0.386 bits per heavy atom. The molecule has 0 fully saturated rings. The molecule has 19 heteroatoms. The van der Waals surface area contributed by atoms with Crippen LogP contribution >= 0.6 is 0 Å². The average Bonchev–Trinajstić information content (AvgIpc) is 0.933. The molecule has 0 unspecified atom stereocenters. The molecule has 0 saturated heterocycles. The number of hydrogen-bond donors (Lipinski definition) is 1. The second-order valence-corrected chi connectivity index (χ2v) is 30.2. The predicted molar refractivity (Wildman–Crippen MR) is 534 cm³/mol. The van der Waals surface area contributed by atoms with Gasteiger partial charge in [-0.25, -0.2) is 0 Å². The Labute approximate surface area is 790 Å². The number of methoxy groups -OCH3 is 1. The van der Waals surface area contributed by atoms with Crippen molar-refractivity contribution in [2.45, 2.75) is 178 Å². The standard InChI is InChI=1S/C20H26O3.C19H24O3.C18H22O3.C18H22O2.C14H22O2.2C12H18O3/c1-2-13-22-19-11-8-12-20(16-19)23-15-7-6-14-21-17-18-9-4-3-5-10-18;1-2-12-21-18-10-6-11-19(15-18)22-14-7-13-20-16-17-8-4-3-5-9-17;1-2-11-20-17-9-6-10-18(14-17)21-13-12-19-15-16-7-4-3-5-8-16;1-2-13-19-17-11-6-12-18(15-17)20-14-7-10-16-8-4-3-5-9-16;1-3-5-6-11-16-14-9-7-8-13(12-14)15-10-4-2;1-3-7-14-11-5-4-6-12(10-11)15-9-8-13-2;1-2-8-14-11-5-3-6-12(10-11)15-9-4-7-13/h3-5,8-12,16H,2,6-7,13-15,17H2,1H3;3-6,8-11,15H,2,7,12-14,16H2,1H3;3-10,14H,2,11-13,15H2,1H3;3-6,8-9,11-12,15H,2,7,10,13-14H2,1H3;7-9,12H,3-6,10-11H2,1-2H3;4-6,10H,3,7-9H2,1-2H3;3,5-6,10,13H,2,4,7-9H2,1H3. The highest BCUT2D eigenvalue weighted by molar-refractivity contribution is 5.38. The van der Waals surface area contributed by atoms with E-state index in [-0.39, 0.29) is 6.61 Å². The topological polar surface area (TPSA) is 186 Å². The lowest BCUT2D eigenvalue weighted by atomic mass is 10.1. The van der Waals surface area contributed by atoms with Gasteiger partial charge in [0, 0.05) is 75.6 Å². The summed E-state index contributed by atoms with van der Waals surface area (Å²) in [6.07, 6.45) is 16.2. The van der Waals surface area contributed by atoms with Crippen molar-refractivity contribution in [3.8, 4) is 80.5 Å². The smallest absolute Gasteiger partial charge is 0.123 e. The maximum absolute atomic E-state index is 8.61.